The zero-order chi connectivity index (χ0) is 13.3. The van der Waals surface area contributed by atoms with E-state index in [1.807, 2.05) is 6.92 Å². The molecule has 18 heavy (non-hydrogen) atoms. The molecule has 96 valence electrons. The Kier molecular flexibility index (Phi) is 3.32. The van der Waals surface area contributed by atoms with Gasteiger partial charge >= 0.3 is 0 Å². The van der Waals surface area contributed by atoms with Crippen LogP contribution in [0.4, 0.5) is 0 Å². The standard InChI is InChI=1S/C13H18N4O/c1-4-5-8(2)11-9(3)6-15-13-10(12(14)18)7-16-17(11)13/h6-8H,4-5H2,1-3H3,(H2,14,18). The Morgan fingerprint density at radius 2 is 2.22 bits per heavy atom. The van der Waals surface area contributed by atoms with Crippen LogP contribution >= 0.6 is 0 Å². The number of aryl methyl sites for hydroxylation is 1. The van der Waals surface area contributed by atoms with Crippen molar-refractivity contribution in [3.8, 4) is 0 Å². The number of aromatic nitrogens is 3. The smallest absolute Gasteiger partial charge is 0.254 e. The van der Waals surface area contributed by atoms with E-state index in [0.717, 1.165) is 24.1 Å². The first-order valence-corrected chi connectivity index (χ1v) is 6.19. The lowest BCUT2D eigenvalue weighted by atomic mass is 9.99. The van der Waals surface area contributed by atoms with E-state index in [9.17, 15) is 4.79 Å². The number of fused-ring (bicyclic) bond motifs is 1. The molecule has 1 atom stereocenters. The van der Waals surface area contributed by atoms with E-state index in [0.29, 0.717) is 17.1 Å². The molecule has 2 rings (SSSR count). The summed E-state index contributed by atoms with van der Waals surface area (Å²) in [6, 6.07) is 0. The summed E-state index contributed by atoms with van der Waals surface area (Å²) < 4.78 is 1.75. The number of nitrogens with two attached hydrogens (primary N) is 1. The largest absolute Gasteiger partial charge is 0.365 e. The van der Waals surface area contributed by atoms with Gasteiger partial charge in [0.1, 0.15) is 5.56 Å². The lowest BCUT2D eigenvalue weighted by Gasteiger charge is -2.15. The number of hydrogen-bond donors (Lipinski definition) is 1. The third-order valence-electron chi connectivity index (χ3n) is 3.21. The predicted octanol–water partition coefficient (Wildman–Crippen LogP) is 2.04. The maximum Gasteiger partial charge on any atom is 0.254 e. The first-order valence-electron chi connectivity index (χ1n) is 6.19. The van der Waals surface area contributed by atoms with E-state index >= 15 is 0 Å². The van der Waals surface area contributed by atoms with Crippen molar-refractivity contribution in [3.63, 3.8) is 0 Å². The molecular weight excluding hydrogens is 228 g/mol. The number of rotatable bonds is 4. The minimum atomic E-state index is -0.490. The highest BCUT2D eigenvalue weighted by Gasteiger charge is 2.17. The highest BCUT2D eigenvalue weighted by molar-refractivity contribution is 5.98. The van der Waals surface area contributed by atoms with Gasteiger partial charge in [-0.05, 0) is 24.8 Å². The van der Waals surface area contributed by atoms with Crippen LogP contribution in [-0.4, -0.2) is 20.5 Å². The van der Waals surface area contributed by atoms with Crippen LogP contribution in [0.15, 0.2) is 12.4 Å². The van der Waals surface area contributed by atoms with Gasteiger partial charge in [0, 0.05) is 6.20 Å². The molecule has 0 radical (unpaired) electrons. The summed E-state index contributed by atoms with van der Waals surface area (Å²) in [6.45, 7) is 6.33. The first-order chi connectivity index (χ1) is 8.56. The molecule has 0 saturated heterocycles. The molecule has 0 aliphatic heterocycles. The molecule has 0 aliphatic carbocycles. The van der Waals surface area contributed by atoms with E-state index in [1.54, 1.807) is 10.7 Å². The van der Waals surface area contributed by atoms with Crippen LogP contribution in [0.2, 0.25) is 0 Å². The molecule has 5 nitrogen and oxygen atoms in total. The Morgan fingerprint density at radius 1 is 1.50 bits per heavy atom. The molecule has 0 saturated carbocycles. The van der Waals surface area contributed by atoms with Crippen molar-refractivity contribution >= 4 is 11.6 Å². The van der Waals surface area contributed by atoms with Gasteiger partial charge in [0.15, 0.2) is 5.65 Å². The molecule has 2 N–H and O–H groups in total. The van der Waals surface area contributed by atoms with Gasteiger partial charge in [0.05, 0.1) is 11.9 Å². The number of carbonyl (C=O) groups is 1. The van der Waals surface area contributed by atoms with Crippen molar-refractivity contribution in [2.45, 2.75) is 39.5 Å². The molecule has 0 bridgehead atoms. The summed E-state index contributed by atoms with van der Waals surface area (Å²) in [5.74, 6) is -0.114. The van der Waals surface area contributed by atoms with Crippen molar-refractivity contribution < 1.29 is 4.79 Å². The molecule has 0 aliphatic rings. The van der Waals surface area contributed by atoms with Crippen molar-refractivity contribution in [3.05, 3.63) is 29.2 Å². The lowest BCUT2D eigenvalue weighted by molar-refractivity contribution is 0.100. The van der Waals surface area contributed by atoms with Crippen molar-refractivity contribution in [2.24, 2.45) is 5.73 Å². The van der Waals surface area contributed by atoms with Gasteiger partial charge in [-0.1, -0.05) is 20.3 Å². The summed E-state index contributed by atoms with van der Waals surface area (Å²) in [4.78, 5) is 15.6. The van der Waals surface area contributed by atoms with Crippen molar-refractivity contribution in [2.75, 3.05) is 0 Å². The minimum absolute atomic E-state index is 0.375. The summed E-state index contributed by atoms with van der Waals surface area (Å²) in [7, 11) is 0. The van der Waals surface area contributed by atoms with E-state index in [2.05, 4.69) is 23.9 Å². The summed E-state index contributed by atoms with van der Waals surface area (Å²) in [6.07, 6.45) is 5.46. The van der Waals surface area contributed by atoms with Crippen LogP contribution < -0.4 is 5.73 Å². The van der Waals surface area contributed by atoms with E-state index in [-0.39, 0.29) is 0 Å². The molecule has 0 fully saturated rings. The maximum absolute atomic E-state index is 11.3. The van der Waals surface area contributed by atoms with Crippen LogP contribution in [0.1, 0.15) is 54.2 Å². The molecule has 2 aromatic heterocycles. The van der Waals surface area contributed by atoms with E-state index < -0.39 is 5.91 Å². The second kappa shape index (κ2) is 4.76. The molecule has 5 heteroatoms. The molecule has 0 aromatic carbocycles. The molecule has 1 amide bonds. The Balaban J connectivity index is 2.64. The fourth-order valence-corrected chi connectivity index (χ4v) is 2.37. The van der Waals surface area contributed by atoms with Gasteiger partial charge in [-0.15, -0.1) is 0 Å². The quantitative estimate of drug-likeness (QED) is 0.897. The second-order valence-electron chi connectivity index (χ2n) is 4.67. The Labute approximate surface area is 106 Å². The normalized spacial score (nSPS) is 12.8. The SMILES string of the molecule is CCCC(C)c1c(C)cnc2c(C(N)=O)cnn12. The average Bonchev–Trinajstić information content (AvgIpc) is 2.72. The number of hydrogen-bond acceptors (Lipinski definition) is 3. The molecule has 1 unspecified atom stereocenters. The van der Waals surface area contributed by atoms with Crippen LogP contribution in [0, 0.1) is 6.92 Å². The fourth-order valence-electron chi connectivity index (χ4n) is 2.37. The molecule has 2 heterocycles. The van der Waals surface area contributed by atoms with Crippen LogP contribution in [-0.2, 0) is 0 Å². The van der Waals surface area contributed by atoms with Gasteiger partial charge in [-0.25, -0.2) is 9.50 Å². The van der Waals surface area contributed by atoms with Gasteiger partial charge in [-0.2, -0.15) is 5.10 Å². The lowest BCUT2D eigenvalue weighted by Crippen LogP contribution is -2.12. The maximum atomic E-state index is 11.3. The third kappa shape index (κ3) is 1.96. The van der Waals surface area contributed by atoms with Gasteiger partial charge < -0.3 is 5.73 Å². The van der Waals surface area contributed by atoms with Gasteiger partial charge in [0.25, 0.3) is 5.91 Å². The van der Waals surface area contributed by atoms with Crippen molar-refractivity contribution in [1.82, 2.24) is 14.6 Å². The number of primary amides is 1. The van der Waals surface area contributed by atoms with Crippen LogP contribution in [0.25, 0.3) is 5.65 Å². The zero-order valence-corrected chi connectivity index (χ0v) is 11.0. The fraction of sp³-hybridized carbons (Fsp3) is 0.462. The topological polar surface area (TPSA) is 73.3 Å². The van der Waals surface area contributed by atoms with Crippen molar-refractivity contribution in [1.29, 1.82) is 0 Å². The summed E-state index contributed by atoms with van der Waals surface area (Å²) in [5, 5.41) is 4.26. The molecule has 0 spiro atoms. The predicted molar refractivity (Wildman–Crippen MR) is 69.6 cm³/mol. The number of amides is 1. The summed E-state index contributed by atoms with van der Waals surface area (Å²) in [5.41, 5.74) is 8.43. The molecule has 2 aromatic rings. The first kappa shape index (κ1) is 12.5. The van der Waals surface area contributed by atoms with Gasteiger partial charge in [0.2, 0.25) is 0 Å². The zero-order valence-electron chi connectivity index (χ0n) is 11.0. The number of nitrogens with zero attached hydrogens (tertiary/aromatic N) is 3. The average molecular weight is 246 g/mol. The van der Waals surface area contributed by atoms with Crippen LogP contribution in [0.5, 0.6) is 0 Å². The third-order valence-corrected chi connectivity index (χ3v) is 3.21. The molecular formula is C13H18N4O. The number of carbonyl (C=O) groups excluding carboxylic acids is 1. The summed E-state index contributed by atoms with van der Waals surface area (Å²) >= 11 is 0. The van der Waals surface area contributed by atoms with Gasteiger partial charge in [-0.3, -0.25) is 4.79 Å². The highest BCUT2D eigenvalue weighted by atomic mass is 16.1. The minimum Gasteiger partial charge on any atom is -0.365 e. The van der Waals surface area contributed by atoms with E-state index in [1.165, 1.54) is 6.20 Å². The second-order valence-corrected chi connectivity index (χ2v) is 4.67. The monoisotopic (exact) mass is 246 g/mol. The van der Waals surface area contributed by atoms with Crippen LogP contribution in [0.3, 0.4) is 0 Å². The Bertz CT molecular complexity index is 588. The highest BCUT2D eigenvalue weighted by Crippen LogP contribution is 2.24. The Hall–Kier alpha value is -1.91. The van der Waals surface area contributed by atoms with E-state index in [4.69, 9.17) is 5.73 Å². The Morgan fingerprint density at radius 3 is 2.83 bits per heavy atom.